The topological polar surface area (TPSA) is 40.6 Å². The average molecular weight is 334 g/mol. The van der Waals surface area contributed by atoms with E-state index in [4.69, 9.17) is 0 Å². The van der Waals surface area contributed by atoms with E-state index >= 15 is 0 Å². The summed E-state index contributed by atoms with van der Waals surface area (Å²) in [5.41, 5.74) is 0.513. The first-order valence-electron chi connectivity index (χ1n) is 7.07. The lowest BCUT2D eigenvalue weighted by atomic mass is 10.1. The Balaban J connectivity index is 1.99. The van der Waals surface area contributed by atoms with E-state index in [1.54, 1.807) is 37.2 Å². The maximum atomic E-state index is 12.6. The quantitative estimate of drug-likeness (QED) is 0.789. The number of hydrogen-bond donors (Lipinski definition) is 0. The third-order valence-electron chi connectivity index (χ3n) is 3.84. The minimum atomic E-state index is -4.47. The Labute approximate surface area is 136 Å². The van der Waals surface area contributed by atoms with Crippen molar-refractivity contribution in [1.29, 1.82) is 0 Å². The van der Waals surface area contributed by atoms with Crippen LogP contribution in [0.15, 0.2) is 42.5 Å². The summed E-state index contributed by atoms with van der Waals surface area (Å²) < 4.78 is 37.9. The van der Waals surface area contributed by atoms with Crippen LogP contribution in [0.4, 0.5) is 24.5 Å². The number of amides is 2. The SMILES string of the molecule is CN(C)c1ccc2c(c1)C(=O)N(c1ccc(C(F)(F)F)cc1)C2=O. The summed E-state index contributed by atoms with van der Waals surface area (Å²) in [5, 5.41) is 0. The molecule has 0 bridgehead atoms. The predicted molar refractivity (Wildman–Crippen MR) is 83.4 cm³/mol. The normalized spacial score (nSPS) is 14.1. The maximum absolute atomic E-state index is 12.6. The molecule has 0 atom stereocenters. The third-order valence-corrected chi connectivity index (χ3v) is 3.84. The molecule has 0 N–H and O–H groups in total. The molecule has 0 saturated heterocycles. The fourth-order valence-electron chi connectivity index (χ4n) is 2.54. The summed E-state index contributed by atoms with van der Waals surface area (Å²) in [6, 6.07) is 8.80. The van der Waals surface area contributed by atoms with Crippen molar-refractivity contribution in [1.82, 2.24) is 0 Å². The highest BCUT2D eigenvalue weighted by Gasteiger charge is 2.37. The number of alkyl halides is 3. The number of rotatable bonds is 2. The number of carbonyl (C=O) groups is 2. The Morgan fingerprint density at radius 3 is 2.00 bits per heavy atom. The highest BCUT2D eigenvalue weighted by Crippen LogP contribution is 2.34. The van der Waals surface area contributed by atoms with Crippen molar-refractivity contribution in [2.75, 3.05) is 23.9 Å². The monoisotopic (exact) mass is 334 g/mol. The van der Waals surface area contributed by atoms with Crippen LogP contribution < -0.4 is 9.80 Å². The van der Waals surface area contributed by atoms with Crippen molar-refractivity contribution in [2.24, 2.45) is 0 Å². The van der Waals surface area contributed by atoms with Gasteiger partial charge in [-0.3, -0.25) is 9.59 Å². The maximum Gasteiger partial charge on any atom is 0.416 e. The summed E-state index contributed by atoms with van der Waals surface area (Å²) in [4.78, 5) is 27.7. The number of benzene rings is 2. The highest BCUT2D eigenvalue weighted by molar-refractivity contribution is 6.34. The van der Waals surface area contributed by atoms with Crippen molar-refractivity contribution < 1.29 is 22.8 Å². The molecule has 0 saturated carbocycles. The molecule has 24 heavy (non-hydrogen) atoms. The molecular formula is C17H13F3N2O2. The molecule has 0 unspecified atom stereocenters. The van der Waals surface area contributed by atoms with Crippen LogP contribution in [0.5, 0.6) is 0 Å². The van der Waals surface area contributed by atoms with Gasteiger partial charge in [0.1, 0.15) is 0 Å². The van der Waals surface area contributed by atoms with Gasteiger partial charge >= 0.3 is 6.18 Å². The van der Waals surface area contributed by atoms with E-state index in [9.17, 15) is 22.8 Å². The second-order valence-corrected chi connectivity index (χ2v) is 5.61. The molecule has 124 valence electrons. The highest BCUT2D eigenvalue weighted by atomic mass is 19.4. The van der Waals surface area contributed by atoms with Crippen LogP contribution in [-0.4, -0.2) is 25.9 Å². The summed E-state index contributed by atoms with van der Waals surface area (Å²) in [7, 11) is 3.60. The number of fused-ring (bicyclic) bond motifs is 1. The lowest BCUT2D eigenvalue weighted by Crippen LogP contribution is -2.29. The first-order valence-corrected chi connectivity index (χ1v) is 7.07. The number of hydrogen-bond acceptors (Lipinski definition) is 3. The third kappa shape index (κ3) is 2.51. The van der Waals surface area contributed by atoms with E-state index < -0.39 is 23.6 Å². The van der Waals surface area contributed by atoms with Crippen molar-refractivity contribution in [2.45, 2.75) is 6.18 Å². The van der Waals surface area contributed by atoms with Crippen LogP contribution in [0.3, 0.4) is 0 Å². The molecule has 0 spiro atoms. The van der Waals surface area contributed by atoms with Gasteiger partial charge in [0.15, 0.2) is 0 Å². The van der Waals surface area contributed by atoms with E-state index in [-0.39, 0.29) is 16.8 Å². The largest absolute Gasteiger partial charge is 0.416 e. The smallest absolute Gasteiger partial charge is 0.378 e. The lowest BCUT2D eigenvalue weighted by molar-refractivity contribution is -0.137. The van der Waals surface area contributed by atoms with E-state index in [1.807, 2.05) is 0 Å². The second-order valence-electron chi connectivity index (χ2n) is 5.61. The van der Waals surface area contributed by atoms with Gasteiger partial charge in [-0.1, -0.05) is 0 Å². The van der Waals surface area contributed by atoms with E-state index in [1.165, 1.54) is 0 Å². The lowest BCUT2D eigenvalue weighted by Gasteiger charge is -2.15. The molecule has 0 radical (unpaired) electrons. The minimum absolute atomic E-state index is 0.112. The fraction of sp³-hybridized carbons (Fsp3) is 0.176. The zero-order chi connectivity index (χ0) is 17.6. The van der Waals surface area contributed by atoms with Crippen molar-refractivity contribution >= 4 is 23.2 Å². The number of carbonyl (C=O) groups excluding carboxylic acids is 2. The number of nitrogens with zero attached hydrogens (tertiary/aromatic N) is 2. The standard InChI is InChI=1S/C17H13F3N2O2/c1-21(2)12-7-8-13-14(9-12)16(24)22(15(13)23)11-5-3-10(4-6-11)17(18,19)20/h3-9H,1-2H3. The Hall–Kier alpha value is -2.83. The van der Waals surface area contributed by atoms with Gasteiger partial charge in [-0.25, -0.2) is 4.90 Å². The number of anilines is 2. The first-order chi connectivity index (χ1) is 11.2. The summed E-state index contributed by atoms with van der Waals surface area (Å²) in [6.07, 6.45) is -4.47. The van der Waals surface area contributed by atoms with Crippen LogP contribution in [0.1, 0.15) is 26.3 Å². The van der Waals surface area contributed by atoms with Crippen LogP contribution in [0, 0.1) is 0 Å². The molecule has 0 fully saturated rings. The molecule has 2 aromatic rings. The molecule has 1 aliphatic heterocycles. The van der Waals surface area contributed by atoms with Gasteiger partial charge in [0, 0.05) is 19.8 Å². The van der Waals surface area contributed by atoms with Gasteiger partial charge in [-0.05, 0) is 42.5 Å². The van der Waals surface area contributed by atoms with Gasteiger partial charge in [-0.2, -0.15) is 13.2 Å². The molecule has 4 nitrogen and oxygen atoms in total. The van der Waals surface area contributed by atoms with Crippen molar-refractivity contribution in [3.8, 4) is 0 Å². The van der Waals surface area contributed by atoms with E-state index in [0.717, 1.165) is 34.9 Å². The minimum Gasteiger partial charge on any atom is -0.378 e. The molecule has 7 heteroatoms. The molecule has 1 heterocycles. The molecule has 2 aromatic carbocycles. The molecule has 3 rings (SSSR count). The zero-order valence-electron chi connectivity index (χ0n) is 12.9. The summed E-state index contributed by atoms with van der Waals surface area (Å²) >= 11 is 0. The van der Waals surface area contributed by atoms with Gasteiger partial charge < -0.3 is 4.90 Å². The Bertz CT molecular complexity index is 827. The molecule has 2 amide bonds. The average Bonchev–Trinajstić information content (AvgIpc) is 2.77. The molecule has 1 aliphatic rings. The molecule has 0 aliphatic carbocycles. The zero-order valence-corrected chi connectivity index (χ0v) is 12.9. The molecule has 0 aromatic heterocycles. The fourth-order valence-corrected chi connectivity index (χ4v) is 2.54. The van der Waals surface area contributed by atoms with Gasteiger partial charge in [0.25, 0.3) is 11.8 Å². The Kier molecular flexibility index (Phi) is 3.59. The van der Waals surface area contributed by atoms with Crippen LogP contribution in [-0.2, 0) is 6.18 Å². The van der Waals surface area contributed by atoms with Crippen LogP contribution >= 0.6 is 0 Å². The summed E-state index contributed by atoms with van der Waals surface area (Å²) in [5.74, 6) is -1.08. The van der Waals surface area contributed by atoms with Crippen LogP contribution in [0.2, 0.25) is 0 Å². The van der Waals surface area contributed by atoms with Gasteiger partial charge in [-0.15, -0.1) is 0 Å². The van der Waals surface area contributed by atoms with Gasteiger partial charge in [0.05, 0.1) is 22.4 Å². The van der Waals surface area contributed by atoms with E-state index in [0.29, 0.717) is 0 Å². The first kappa shape index (κ1) is 16.0. The summed E-state index contributed by atoms with van der Waals surface area (Å²) in [6.45, 7) is 0. The second kappa shape index (κ2) is 5.36. The van der Waals surface area contributed by atoms with Crippen molar-refractivity contribution in [3.63, 3.8) is 0 Å². The van der Waals surface area contributed by atoms with Gasteiger partial charge in [0.2, 0.25) is 0 Å². The predicted octanol–water partition coefficient (Wildman–Crippen LogP) is 3.57. The number of halogens is 3. The van der Waals surface area contributed by atoms with E-state index in [2.05, 4.69) is 0 Å². The Morgan fingerprint density at radius 1 is 0.875 bits per heavy atom. The molecular weight excluding hydrogens is 321 g/mol. The number of imide groups is 1. The van der Waals surface area contributed by atoms with Crippen molar-refractivity contribution in [3.05, 3.63) is 59.2 Å². The van der Waals surface area contributed by atoms with Crippen LogP contribution in [0.25, 0.3) is 0 Å². The Morgan fingerprint density at radius 2 is 1.46 bits per heavy atom.